The molecule has 18 heavy (non-hydrogen) atoms. The third-order valence-corrected chi connectivity index (χ3v) is 3.08. The predicted octanol–water partition coefficient (Wildman–Crippen LogP) is 3.51. The van der Waals surface area contributed by atoms with Gasteiger partial charge < -0.3 is 10.2 Å². The van der Waals surface area contributed by atoms with E-state index in [2.05, 4.69) is 0 Å². The lowest BCUT2D eigenvalue weighted by Gasteiger charge is -2.10. The van der Waals surface area contributed by atoms with Crippen molar-refractivity contribution in [2.45, 2.75) is 6.92 Å². The van der Waals surface area contributed by atoms with E-state index < -0.39 is 0 Å². The lowest BCUT2D eigenvalue weighted by Crippen LogP contribution is -1.86. The molecule has 2 aromatic carbocycles. The van der Waals surface area contributed by atoms with Crippen molar-refractivity contribution >= 4 is 34.7 Å². The first-order valence-corrected chi connectivity index (χ1v) is 5.69. The number of carbonyl (C=O) groups is 1. The third-order valence-electron chi connectivity index (χ3n) is 2.69. The van der Waals surface area contributed by atoms with E-state index in [-0.39, 0.29) is 22.1 Å². The van der Waals surface area contributed by atoms with Gasteiger partial charge in [0, 0.05) is 16.3 Å². The molecule has 0 spiro atoms. The summed E-state index contributed by atoms with van der Waals surface area (Å²) in [4.78, 5) is 10.6. The lowest BCUT2D eigenvalue weighted by atomic mass is 10.0. The number of hydrogen-bond donors (Lipinski definition) is 2. The maximum atomic E-state index is 10.6. The summed E-state index contributed by atoms with van der Waals surface area (Å²) in [6.45, 7) is 1.59. The molecule has 0 aliphatic heterocycles. The Labute approximate surface area is 109 Å². The number of carbonyl (C=O) groups excluding carboxylic acids is 1. The molecule has 0 fully saturated rings. The SMILES string of the molecule is C/C(C=O)=C/c1c(Cl)c(O)c2ccccc2c1O. The molecule has 0 saturated heterocycles. The predicted molar refractivity (Wildman–Crippen MR) is 72.0 cm³/mol. The minimum Gasteiger partial charge on any atom is -0.507 e. The molecule has 0 amide bonds. The van der Waals surface area contributed by atoms with E-state index in [1.807, 2.05) is 0 Å². The van der Waals surface area contributed by atoms with Crippen LogP contribution in [0.5, 0.6) is 11.5 Å². The maximum Gasteiger partial charge on any atom is 0.145 e. The number of phenolic OH excluding ortho intramolecular Hbond substituents is 2. The number of fused-ring (bicyclic) bond motifs is 1. The summed E-state index contributed by atoms with van der Waals surface area (Å²) >= 11 is 6.01. The molecule has 0 aliphatic carbocycles. The Kier molecular flexibility index (Phi) is 3.26. The van der Waals surface area contributed by atoms with Crippen LogP contribution in [0.3, 0.4) is 0 Å². The molecule has 3 nitrogen and oxygen atoms in total. The van der Waals surface area contributed by atoms with Crippen LogP contribution in [0.2, 0.25) is 5.02 Å². The molecule has 0 saturated carbocycles. The second-order valence-corrected chi connectivity index (χ2v) is 4.35. The zero-order valence-corrected chi connectivity index (χ0v) is 10.4. The van der Waals surface area contributed by atoms with E-state index in [9.17, 15) is 15.0 Å². The van der Waals surface area contributed by atoms with Gasteiger partial charge in [-0.25, -0.2) is 0 Å². The topological polar surface area (TPSA) is 57.5 Å². The highest BCUT2D eigenvalue weighted by molar-refractivity contribution is 6.35. The van der Waals surface area contributed by atoms with Gasteiger partial charge in [-0.2, -0.15) is 0 Å². The number of phenols is 2. The molecule has 0 aliphatic rings. The standard InChI is InChI=1S/C14H11ClO3/c1-8(7-16)6-11-12(15)14(18)10-5-3-2-4-9(10)13(11)17/h2-7,17-18H,1H3/b8-6-. The number of allylic oxidation sites excluding steroid dienone is 1. The average Bonchev–Trinajstić information content (AvgIpc) is 2.40. The van der Waals surface area contributed by atoms with Gasteiger partial charge in [0.2, 0.25) is 0 Å². The van der Waals surface area contributed by atoms with Gasteiger partial charge in [0.15, 0.2) is 0 Å². The molecule has 0 radical (unpaired) electrons. The molecular weight excluding hydrogens is 252 g/mol. The summed E-state index contributed by atoms with van der Waals surface area (Å²) in [6, 6.07) is 6.82. The van der Waals surface area contributed by atoms with Gasteiger partial charge in [0.25, 0.3) is 0 Å². The molecule has 0 unspecified atom stereocenters. The van der Waals surface area contributed by atoms with Crippen molar-refractivity contribution in [3.63, 3.8) is 0 Å². The molecule has 0 bridgehead atoms. The first-order valence-electron chi connectivity index (χ1n) is 5.32. The molecule has 2 N–H and O–H groups in total. The molecule has 2 aromatic rings. The van der Waals surface area contributed by atoms with Crippen LogP contribution in [-0.4, -0.2) is 16.5 Å². The molecular formula is C14H11ClO3. The van der Waals surface area contributed by atoms with Crippen LogP contribution in [0, 0.1) is 0 Å². The van der Waals surface area contributed by atoms with E-state index in [0.717, 1.165) is 0 Å². The highest BCUT2D eigenvalue weighted by Crippen LogP contribution is 2.43. The number of halogens is 1. The van der Waals surface area contributed by atoms with E-state index in [1.54, 1.807) is 31.2 Å². The Bertz CT molecular complexity index is 660. The number of hydrogen-bond acceptors (Lipinski definition) is 3. The van der Waals surface area contributed by atoms with Crippen molar-refractivity contribution in [1.29, 1.82) is 0 Å². The van der Waals surface area contributed by atoms with Crippen LogP contribution in [0.1, 0.15) is 12.5 Å². The fourth-order valence-electron chi connectivity index (χ4n) is 1.78. The summed E-state index contributed by atoms with van der Waals surface area (Å²) in [7, 11) is 0. The fourth-order valence-corrected chi connectivity index (χ4v) is 2.03. The van der Waals surface area contributed by atoms with Gasteiger partial charge in [-0.1, -0.05) is 35.9 Å². The van der Waals surface area contributed by atoms with Crippen LogP contribution < -0.4 is 0 Å². The van der Waals surface area contributed by atoms with Gasteiger partial charge in [-0.3, -0.25) is 4.79 Å². The van der Waals surface area contributed by atoms with E-state index in [4.69, 9.17) is 11.6 Å². The first-order chi connectivity index (χ1) is 8.56. The second-order valence-electron chi connectivity index (χ2n) is 3.98. The summed E-state index contributed by atoms with van der Waals surface area (Å²) in [6.07, 6.45) is 2.10. The van der Waals surface area contributed by atoms with Crippen molar-refractivity contribution in [1.82, 2.24) is 0 Å². The summed E-state index contributed by atoms with van der Waals surface area (Å²) in [5, 5.41) is 21.1. The molecule has 4 heteroatoms. The highest BCUT2D eigenvalue weighted by atomic mass is 35.5. The smallest absolute Gasteiger partial charge is 0.145 e. The Morgan fingerprint density at radius 3 is 2.28 bits per heavy atom. The highest BCUT2D eigenvalue weighted by Gasteiger charge is 2.15. The van der Waals surface area contributed by atoms with E-state index in [0.29, 0.717) is 22.6 Å². The zero-order valence-electron chi connectivity index (χ0n) is 9.64. The average molecular weight is 263 g/mol. The van der Waals surface area contributed by atoms with Gasteiger partial charge in [-0.15, -0.1) is 0 Å². The Morgan fingerprint density at radius 2 is 1.72 bits per heavy atom. The molecule has 0 aromatic heterocycles. The number of rotatable bonds is 2. The van der Waals surface area contributed by atoms with Crippen LogP contribution in [0.15, 0.2) is 29.8 Å². The van der Waals surface area contributed by atoms with Crippen LogP contribution in [-0.2, 0) is 4.79 Å². The van der Waals surface area contributed by atoms with Gasteiger partial charge in [0.05, 0.1) is 5.02 Å². The van der Waals surface area contributed by atoms with Gasteiger partial charge >= 0.3 is 0 Å². The Hall–Kier alpha value is -2.00. The quantitative estimate of drug-likeness (QED) is 0.495. The molecule has 92 valence electrons. The van der Waals surface area contributed by atoms with E-state index in [1.165, 1.54) is 6.08 Å². The second kappa shape index (κ2) is 4.70. The molecule has 0 heterocycles. The number of benzene rings is 2. The van der Waals surface area contributed by atoms with Crippen LogP contribution in [0.25, 0.3) is 16.8 Å². The first kappa shape index (κ1) is 12.5. The van der Waals surface area contributed by atoms with Crippen molar-refractivity contribution < 1.29 is 15.0 Å². The van der Waals surface area contributed by atoms with E-state index >= 15 is 0 Å². The normalized spacial score (nSPS) is 11.8. The van der Waals surface area contributed by atoms with Crippen LogP contribution >= 0.6 is 11.6 Å². The summed E-state index contributed by atoms with van der Waals surface area (Å²) < 4.78 is 0. The number of aldehydes is 1. The third kappa shape index (κ3) is 1.93. The van der Waals surface area contributed by atoms with Crippen molar-refractivity contribution in [2.24, 2.45) is 0 Å². The molecule has 0 atom stereocenters. The van der Waals surface area contributed by atoms with Crippen molar-refractivity contribution in [3.8, 4) is 11.5 Å². The van der Waals surface area contributed by atoms with Gasteiger partial charge in [-0.05, 0) is 18.6 Å². The minimum atomic E-state index is -0.102. The summed E-state index contributed by atoms with van der Waals surface area (Å²) in [5.41, 5.74) is 0.652. The summed E-state index contributed by atoms with van der Waals surface area (Å²) in [5.74, 6) is -0.149. The lowest BCUT2D eigenvalue weighted by molar-refractivity contribution is -0.104. The molecule has 2 rings (SSSR count). The Balaban J connectivity index is 2.87. The monoisotopic (exact) mass is 262 g/mol. The largest absolute Gasteiger partial charge is 0.507 e. The Morgan fingerprint density at radius 1 is 1.17 bits per heavy atom. The van der Waals surface area contributed by atoms with Crippen LogP contribution in [0.4, 0.5) is 0 Å². The minimum absolute atomic E-state index is 0.0346. The van der Waals surface area contributed by atoms with Crippen molar-refractivity contribution in [3.05, 3.63) is 40.4 Å². The van der Waals surface area contributed by atoms with Crippen molar-refractivity contribution in [2.75, 3.05) is 0 Å². The maximum absolute atomic E-state index is 10.6. The fraction of sp³-hybridized carbons (Fsp3) is 0.0714. The number of aromatic hydroxyl groups is 2. The van der Waals surface area contributed by atoms with Gasteiger partial charge in [0.1, 0.15) is 17.8 Å². The zero-order chi connectivity index (χ0) is 13.3.